The minimum Gasteiger partial charge on any atom is -0.466 e. The SMILES string of the molecule is COC(=O)/C(=C\c1ccc(-c2ccccc2)cc1)C[Si](C)(C)c1ccccc1. The lowest BCUT2D eigenvalue weighted by molar-refractivity contribution is -0.135. The molecule has 3 aromatic rings. The average molecular weight is 387 g/mol. The van der Waals surface area contributed by atoms with Crippen molar-refractivity contribution >= 4 is 25.3 Å². The lowest BCUT2D eigenvalue weighted by Gasteiger charge is -2.23. The van der Waals surface area contributed by atoms with Crippen LogP contribution in [0.3, 0.4) is 0 Å². The van der Waals surface area contributed by atoms with Gasteiger partial charge in [-0.25, -0.2) is 4.79 Å². The van der Waals surface area contributed by atoms with E-state index in [1.807, 2.05) is 30.3 Å². The highest BCUT2D eigenvalue weighted by molar-refractivity contribution is 6.90. The Morgan fingerprint density at radius 3 is 1.93 bits per heavy atom. The summed E-state index contributed by atoms with van der Waals surface area (Å²) in [5, 5.41) is 1.34. The molecular formula is C25H26O2Si. The van der Waals surface area contributed by atoms with Gasteiger partial charge >= 0.3 is 5.97 Å². The van der Waals surface area contributed by atoms with Crippen molar-refractivity contribution in [2.24, 2.45) is 0 Å². The van der Waals surface area contributed by atoms with Crippen LogP contribution in [0.15, 0.2) is 90.5 Å². The summed E-state index contributed by atoms with van der Waals surface area (Å²) in [6.07, 6.45) is 1.97. The third-order valence-corrected chi connectivity index (χ3v) is 8.16. The molecule has 0 N–H and O–H groups in total. The number of rotatable bonds is 6. The van der Waals surface area contributed by atoms with Crippen molar-refractivity contribution in [3.8, 4) is 11.1 Å². The van der Waals surface area contributed by atoms with Crippen LogP contribution in [0.1, 0.15) is 5.56 Å². The van der Waals surface area contributed by atoms with E-state index in [1.54, 1.807) is 0 Å². The lowest BCUT2D eigenvalue weighted by atomic mass is 10.0. The van der Waals surface area contributed by atoms with Crippen molar-refractivity contribution in [3.05, 3.63) is 96.1 Å². The Kier molecular flexibility index (Phi) is 6.27. The van der Waals surface area contributed by atoms with Gasteiger partial charge in [-0.3, -0.25) is 0 Å². The van der Waals surface area contributed by atoms with Crippen LogP contribution in [0.5, 0.6) is 0 Å². The highest BCUT2D eigenvalue weighted by atomic mass is 28.3. The fourth-order valence-electron chi connectivity index (χ4n) is 3.38. The maximum Gasteiger partial charge on any atom is 0.333 e. The summed E-state index contributed by atoms with van der Waals surface area (Å²) in [4.78, 5) is 12.4. The zero-order valence-electron chi connectivity index (χ0n) is 16.7. The smallest absolute Gasteiger partial charge is 0.333 e. The van der Waals surface area contributed by atoms with E-state index in [2.05, 4.69) is 73.8 Å². The second kappa shape index (κ2) is 8.85. The van der Waals surface area contributed by atoms with Crippen molar-refractivity contribution in [2.75, 3.05) is 7.11 Å². The molecule has 0 bridgehead atoms. The van der Waals surface area contributed by atoms with E-state index in [9.17, 15) is 4.79 Å². The molecule has 0 saturated carbocycles. The second-order valence-electron chi connectivity index (χ2n) is 7.58. The highest BCUT2D eigenvalue weighted by Crippen LogP contribution is 2.23. The number of esters is 1. The Morgan fingerprint density at radius 2 is 1.36 bits per heavy atom. The number of methoxy groups -OCH3 is 1. The summed E-state index contributed by atoms with van der Waals surface area (Å²) in [6.45, 7) is 4.58. The van der Waals surface area contributed by atoms with Crippen molar-refractivity contribution in [1.29, 1.82) is 0 Å². The third-order valence-electron chi connectivity index (χ3n) is 4.99. The molecule has 0 aliphatic carbocycles. The minimum absolute atomic E-state index is 0.247. The molecule has 0 heterocycles. The third kappa shape index (κ3) is 4.87. The molecule has 0 aliphatic rings. The first-order valence-corrected chi connectivity index (χ1v) is 12.7. The van der Waals surface area contributed by atoms with Gasteiger partial charge in [-0.05, 0) is 28.8 Å². The van der Waals surface area contributed by atoms with E-state index < -0.39 is 8.07 Å². The topological polar surface area (TPSA) is 26.3 Å². The predicted octanol–water partition coefficient (Wildman–Crippen LogP) is 5.53. The molecule has 3 rings (SSSR count). The maximum absolute atomic E-state index is 12.4. The molecule has 2 nitrogen and oxygen atoms in total. The standard InChI is InChI=1S/C25H26O2Si/c1-27-25(26)23(19-28(2,3)24-12-8-5-9-13-24)18-20-14-16-22(17-15-20)21-10-6-4-7-11-21/h4-18H,19H2,1-3H3/b23-18-. The molecule has 0 spiro atoms. The van der Waals surface area contributed by atoms with Gasteiger partial charge in [0.2, 0.25) is 0 Å². The number of hydrogen-bond acceptors (Lipinski definition) is 2. The first-order chi connectivity index (χ1) is 13.5. The van der Waals surface area contributed by atoms with Crippen LogP contribution in [0, 0.1) is 0 Å². The Balaban J connectivity index is 1.87. The van der Waals surface area contributed by atoms with Gasteiger partial charge in [0.1, 0.15) is 0 Å². The van der Waals surface area contributed by atoms with Gasteiger partial charge in [-0.2, -0.15) is 0 Å². The molecule has 0 fully saturated rings. The largest absolute Gasteiger partial charge is 0.466 e. The zero-order valence-corrected chi connectivity index (χ0v) is 17.7. The van der Waals surface area contributed by atoms with Gasteiger partial charge in [-0.15, -0.1) is 0 Å². The molecule has 0 saturated heterocycles. The molecule has 0 radical (unpaired) electrons. The number of ether oxygens (including phenoxy) is 1. The summed E-state index contributed by atoms with van der Waals surface area (Å²) in [6, 6.07) is 29.8. The van der Waals surface area contributed by atoms with Crippen molar-refractivity contribution in [1.82, 2.24) is 0 Å². The quantitative estimate of drug-likeness (QED) is 0.316. The summed E-state index contributed by atoms with van der Waals surface area (Å²) >= 11 is 0. The van der Waals surface area contributed by atoms with Crippen LogP contribution in [-0.4, -0.2) is 21.2 Å². The summed E-state index contributed by atoms with van der Waals surface area (Å²) in [5.41, 5.74) is 4.09. The molecule has 3 heteroatoms. The van der Waals surface area contributed by atoms with Crippen LogP contribution in [0.4, 0.5) is 0 Å². The Labute approximate surface area is 168 Å². The van der Waals surface area contributed by atoms with Crippen molar-refractivity contribution in [2.45, 2.75) is 19.1 Å². The van der Waals surface area contributed by atoms with Crippen molar-refractivity contribution < 1.29 is 9.53 Å². The number of benzene rings is 3. The Hall–Kier alpha value is -2.91. The molecule has 0 aromatic heterocycles. The molecule has 0 atom stereocenters. The first-order valence-electron chi connectivity index (χ1n) is 9.49. The molecule has 0 aliphatic heterocycles. The normalized spacial score (nSPS) is 11.9. The molecule has 0 amide bonds. The van der Waals surface area contributed by atoms with E-state index in [4.69, 9.17) is 4.74 Å². The van der Waals surface area contributed by atoms with Crippen LogP contribution < -0.4 is 5.19 Å². The molecule has 3 aromatic carbocycles. The van der Waals surface area contributed by atoms with E-state index in [1.165, 1.54) is 17.9 Å². The lowest BCUT2D eigenvalue weighted by Crippen LogP contribution is -2.42. The summed E-state index contributed by atoms with van der Waals surface area (Å²) in [5.74, 6) is -0.247. The Morgan fingerprint density at radius 1 is 0.821 bits per heavy atom. The van der Waals surface area contributed by atoms with E-state index in [0.717, 1.165) is 22.7 Å². The molecule has 0 unspecified atom stereocenters. The summed E-state index contributed by atoms with van der Waals surface area (Å²) < 4.78 is 5.07. The number of carbonyl (C=O) groups excluding carboxylic acids is 1. The zero-order chi connectivity index (χ0) is 20.0. The van der Waals surface area contributed by atoms with Gasteiger partial charge < -0.3 is 4.74 Å². The average Bonchev–Trinajstić information content (AvgIpc) is 2.74. The van der Waals surface area contributed by atoms with Crippen LogP contribution in [-0.2, 0) is 9.53 Å². The highest BCUT2D eigenvalue weighted by Gasteiger charge is 2.27. The van der Waals surface area contributed by atoms with Gasteiger partial charge in [0, 0.05) is 5.57 Å². The predicted molar refractivity (Wildman–Crippen MR) is 120 cm³/mol. The molecular weight excluding hydrogens is 360 g/mol. The first kappa shape index (κ1) is 19.8. The van der Waals surface area contributed by atoms with Gasteiger partial charge in [0.05, 0.1) is 15.2 Å². The van der Waals surface area contributed by atoms with Crippen LogP contribution in [0.25, 0.3) is 17.2 Å². The Bertz CT molecular complexity index is 943. The number of carbonyl (C=O) groups is 1. The second-order valence-corrected chi connectivity index (χ2v) is 12.3. The molecule has 28 heavy (non-hydrogen) atoms. The van der Waals surface area contributed by atoms with Gasteiger partial charge in [0.25, 0.3) is 0 Å². The van der Waals surface area contributed by atoms with E-state index in [0.29, 0.717) is 0 Å². The van der Waals surface area contributed by atoms with E-state index in [-0.39, 0.29) is 5.97 Å². The van der Waals surface area contributed by atoms with Crippen molar-refractivity contribution in [3.63, 3.8) is 0 Å². The fourth-order valence-corrected chi connectivity index (χ4v) is 5.88. The monoisotopic (exact) mass is 386 g/mol. The molecule has 142 valence electrons. The number of hydrogen-bond donors (Lipinski definition) is 0. The maximum atomic E-state index is 12.4. The van der Waals surface area contributed by atoms with Gasteiger partial charge in [0.15, 0.2) is 0 Å². The van der Waals surface area contributed by atoms with Crippen LogP contribution >= 0.6 is 0 Å². The van der Waals surface area contributed by atoms with Crippen LogP contribution in [0.2, 0.25) is 19.1 Å². The summed E-state index contributed by atoms with van der Waals surface area (Å²) in [7, 11) is -0.358. The minimum atomic E-state index is -1.81. The van der Waals surface area contributed by atoms with Gasteiger partial charge in [-0.1, -0.05) is 103 Å². The fraction of sp³-hybridized carbons (Fsp3) is 0.160. The van der Waals surface area contributed by atoms with E-state index >= 15 is 0 Å².